The predicted molar refractivity (Wildman–Crippen MR) is 120 cm³/mol. The van der Waals surface area contributed by atoms with Crippen molar-refractivity contribution >= 4 is 10.8 Å². The highest BCUT2D eigenvalue weighted by Gasteiger charge is 2.31. The lowest BCUT2D eigenvalue weighted by Gasteiger charge is -2.12. The summed E-state index contributed by atoms with van der Waals surface area (Å²) < 4.78 is 70.5. The van der Waals surface area contributed by atoms with E-state index in [-0.39, 0.29) is 11.1 Å². The molecule has 0 bridgehead atoms. The van der Waals surface area contributed by atoms with E-state index in [9.17, 15) is 22.0 Å². The van der Waals surface area contributed by atoms with Crippen LogP contribution in [0.4, 0.5) is 22.0 Å². The Labute approximate surface area is 187 Å². The predicted octanol–water partition coefficient (Wildman–Crippen LogP) is 8.47. The fourth-order valence-corrected chi connectivity index (χ4v) is 3.74. The Morgan fingerprint density at radius 2 is 1.33 bits per heavy atom. The molecule has 0 aliphatic carbocycles. The molecule has 6 heteroatoms. The number of aryl methyl sites for hydroxylation is 1. The SMILES string of the molecule is C=CCCc1ccc2cc(-c3cc(F)c(-c4ccc(OC(F)(F)F)cc4)c(F)c3)ccc2c1. The van der Waals surface area contributed by atoms with Gasteiger partial charge in [-0.05, 0) is 76.2 Å². The van der Waals surface area contributed by atoms with E-state index >= 15 is 0 Å². The van der Waals surface area contributed by atoms with Gasteiger partial charge in [-0.1, -0.05) is 48.5 Å². The zero-order chi connectivity index (χ0) is 23.6. The molecule has 4 aromatic rings. The number of hydrogen-bond acceptors (Lipinski definition) is 1. The number of benzene rings is 4. The monoisotopic (exact) mass is 454 g/mol. The van der Waals surface area contributed by atoms with Crippen LogP contribution in [0, 0.1) is 11.6 Å². The molecule has 0 aliphatic heterocycles. The fraction of sp³-hybridized carbons (Fsp3) is 0.111. The van der Waals surface area contributed by atoms with E-state index in [1.807, 2.05) is 30.3 Å². The van der Waals surface area contributed by atoms with Crippen molar-refractivity contribution in [2.24, 2.45) is 0 Å². The van der Waals surface area contributed by atoms with Gasteiger partial charge in [0.15, 0.2) is 0 Å². The van der Waals surface area contributed by atoms with Gasteiger partial charge in [0.25, 0.3) is 0 Å². The van der Waals surface area contributed by atoms with Gasteiger partial charge in [0.2, 0.25) is 0 Å². The first-order valence-corrected chi connectivity index (χ1v) is 10.2. The molecule has 0 atom stereocenters. The van der Waals surface area contributed by atoms with Crippen molar-refractivity contribution in [3.8, 4) is 28.0 Å². The fourth-order valence-electron chi connectivity index (χ4n) is 3.74. The number of rotatable bonds is 6. The number of fused-ring (bicyclic) bond motifs is 1. The summed E-state index contributed by atoms with van der Waals surface area (Å²) in [5, 5.41) is 1.97. The van der Waals surface area contributed by atoms with Crippen molar-refractivity contribution in [3.63, 3.8) is 0 Å². The molecule has 1 nitrogen and oxygen atoms in total. The number of allylic oxidation sites excluding steroid dienone is 1. The summed E-state index contributed by atoms with van der Waals surface area (Å²) in [6.07, 6.45) is -1.20. The zero-order valence-electron chi connectivity index (χ0n) is 17.4. The number of halogens is 5. The second-order valence-electron chi connectivity index (χ2n) is 7.61. The maximum absolute atomic E-state index is 14.9. The second kappa shape index (κ2) is 9.06. The molecule has 0 saturated carbocycles. The third-order valence-corrected chi connectivity index (χ3v) is 5.29. The highest BCUT2D eigenvalue weighted by Crippen LogP contribution is 2.34. The first kappa shape index (κ1) is 22.5. The van der Waals surface area contributed by atoms with Gasteiger partial charge in [-0.3, -0.25) is 0 Å². The number of ether oxygens (including phenoxy) is 1. The zero-order valence-corrected chi connectivity index (χ0v) is 17.4. The minimum absolute atomic E-state index is 0.108. The van der Waals surface area contributed by atoms with Crippen molar-refractivity contribution in [1.82, 2.24) is 0 Å². The molecular formula is C27H19F5O. The molecule has 168 valence electrons. The molecule has 0 spiro atoms. The first-order chi connectivity index (χ1) is 15.7. The van der Waals surface area contributed by atoms with Crippen LogP contribution in [0.2, 0.25) is 0 Å². The van der Waals surface area contributed by atoms with Crippen molar-refractivity contribution in [2.75, 3.05) is 0 Å². The Bertz CT molecular complexity index is 1280. The van der Waals surface area contributed by atoms with Crippen molar-refractivity contribution in [3.05, 3.63) is 103 Å². The maximum Gasteiger partial charge on any atom is 0.573 e. The lowest BCUT2D eigenvalue weighted by molar-refractivity contribution is -0.274. The minimum Gasteiger partial charge on any atom is -0.406 e. The van der Waals surface area contributed by atoms with E-state index in [1.54, 1.807) is 6.07 Å². The highest BCUT2D eigenvalue weighted by atomic mass is 19.4. The molecule has 0 radical (unpaired) electrons. The van der Waals surface area contributed by atoms with Crippen LogP contribution >= 0.6 is 0 Å². The quantitative estimate of drug-likeness (QED) is 0.210. The van der Waals surface area contributed by atoms with Crippen LogP contribution in [0.15, 0.2) is 85.5 Å². The maximum atomic E-state index is 14.9. The van der Waals surface area contributed by atoms with Gasteiger partial charge in [-0.15, -0.1) is 19.8 Å². The van der Waals surface area contributed by atoms with E-state index in [0.717, 1.165) is 35.7 Å². The van der Waals surface area contributed by atoms with Crippen LogP contribution in [-0.4, -0.2) is 6.36 Å². The van der Waals surface area contributed by atoms with E-state index in [1.165, 1.54) is 29.8 Å². The Kier molecular flexibility index (Phi) is 6.18. The summed E-state index contributed by atoms with van der Waals surface area (Å²) in [5.41, 5.74) is 1.99. The van der Waals surface area contributed by atoms with Gasteiger partial charge >= 0.3 is 6.36 Å². The molecular weight excluding hydrogens is 435 g/mol. The van der Waals surface area contributed by atoms with Crippen LogP contribution in [0.5, 0.6) is 5.75 Å². The largest absolute Gasteiger partial charge is 0.573 e. The summed E-state index contributed by atoms with van der Waals surface area (Å²) in [4.78, 5) is 0. The van der Waals surface area contributed by atoms with Crippen LogP contribution < -0.4 is 4.74 Å². The van der Waals surface area contributed by atoms with Gasteiger partial charge in [0.05, 0.1) is 5.56 Å². The molecule has 0 N–H and O–H groups in total. The molecule has 0 aromatic heterocycles. The third-order valence-electron chi connectivity index (χ3n) is 5.29. The topological polar surface area (TPSA) is 9.23 Å². The van der Waals surface area contributed by atoms with E-state index in [4.69, 9.17) is 0 Å². The van der Waals surface area contributed by atoms with Gasteiger partial charge in [-0.25, -0.2) is 8.78 Å². The molecule has 0 amide bonds. The van der Waals surface area contributed by atoms with Crippen molar-refractivity contribution < 1.29 is 26.7 Å². The van der Waals surface area contributed by atoms with Crippen molar-refractivity contribution in [2.45, 2.75) is 19.2 Å². The average molecular weight is 454 g/mol. The van der Waals surface area contributed by atoms with Crippen LogP contribution in [0.1, 0.15) is 12.0 Å². The lowest BCUT2D eigenvalue weighted by atomic mass is 9.96. The third kappa shape index (κ3) is 5.22. The molecule has 0 unspecified atom stereocenters. The molecule has 4 aromatic carbocycles. The van der Waals surface area contributed by atoms with E-state index in [2.05, 4.69) is 17.4 Å². The van der Waals surface area contributed by atoms with Gasteiger partial charge in [0.1, 0.15) is 17.4 Å². The lowest BCUT2D eigenvalue weighted by Crippen LogP contribution is -2.16. The van der Waals surface area contributed by atoms with E-state index < -0.39 is 23.7 Å². The van der Waals surface area contributed by atoms with Crippen LogP contribution in [0.3, 0.4) is 0 Å². The Morgan fingerprint density at radius 3 is 1.97 bits per heavy atom. The normalized spacial score (nSPS) is 11.5. The summed E-state index contributed by atoms with van der Waals surface area (Å²) in [6.45, 7) is 3.73. The van der Waals surface area contributed by atoms with Gasteiger partial charge in [0, 0.05) is 0 Å². The summed E-state index contributed by atoms with van der Waals surface area (Å²) in [7, 11) is 0. The standard InChI is InChI=1S/C27H19F5O/c1-2-3-4-17-5-6-20-14-21(8-7-19(20)13-17)22-15-24(28)26(25(29)16-22)18-9-11-23(12-10-18)33-27(30,31)32/h2,5-16H,1,3-4H2. The molecule has 33 heavy (non-hydrogen) atoms. The number of hydrogen-bond donors (Lipinski definition) is 0. The average Bonchev–Trinajstić information content (AvgIpc) is 2.77. The van der Waals surface area contributed by atoms with Crippen LogP contribution in [0.25, 0.3) is 33.0 Å². The summed E-state index contributed by atoms with van der Waals surface area (Å²) >= 11 is 0. The first-order valence-electron chi connectivity index (χ1n) is 10.2. The van der Waals surface area contributed by atoms with Gasteiger partial charge < -0.3 is 4.74 Å². The molecule has 0 aliphatic rings. The van der Waals surface area contributed by atoms with Crippen LogP contribution in [-0.2, 0) is 6.42 Å². The molecule has 0 fully saturated rings. The van der Waals surface area contributed by atoms with Gasteiger partial charge in [-0.2, -0.15) is 0 Å². The van der Waals surface area contributed by atoms with Crippen molar-refractivity contribution in [1.29, 1.82) is 0 Å². The summed E-state index contributed by atoms with van der Waals surface area (Å²) in [5.74, 6) is -2.09. The smallest absolute Gasteiger partial charge is 0.406 e. The Hall–Kier alpha value is -3.67. The Morgan fingerprint density at radius 1 is 0.727 bits per heavy atom. The molecule has 0 saturated heterocycles. The Balaban J connectivity index is 1.64. The molecule has 4 rings (SSSR count). The second-order valence-corrected chi connectivity index (χ2v) is 7.61. The summed E-state index contributed by atoms with van der Waals surface area (Å²) in [6, 6.07) is 18.5. The molecule has 0 heterocycles. The highest BCUT2D eigenvalue weighted by molar-refractivity contribution is 5.88. The van der Waals surface area contributed by atoms with E-state index in [0.29, 0.717) is 11.1 Å². The minimum atomic E-state index is -4.84. The number of alkyl halides is 3.